The van der Waals surface area contributed by atoms with E-state index in [0.29, 0.717) is 11.3 Å². The number of ether oxygens (including phenoxy) is 2. The monoisotopic (exact) mass is 174 g/mol. The van der Waals surface area contributed by atoms with Crippen molar-refractivity contribution in [2.45, 2.75) is 40.4 Å². The van der Waals surface area contributed by atoms with Gasteiger partial charge in [0, 0.05) is 20.6 Å². The van der Waals surface area contributed by atoms with Crippen LogP contribution in [0.2, 0.25) is 0 Å². The number of hydrogen-bond acceptors (Lipinski definition) is 2. The Labute approximate surface area is 76.3 Å². The molecule has 12 heavy (non-hydrogen) atoms. The molecular formula is C10H22O2. The van der Waals surface area contributed by atoms with Crippen molar-refractivity contribution in [3.63, 3.8) is 0 Å². The Kier molecular flexibility index (Phi) is 4.80. The fourth-order valence-electron chi connectivity index (χ4n) is 0.931. The van der Waals surface area contributed by atoms with Crippen LogP contribution in [-0.4, -0.2) is 20.5 Å². The summed E-state index contributed by atoms with van der Waals surface area (Å²) in [6.45, 7) is 8.94. The van der Waals surface area contributed by atoms with Gasteiger partial charge in [0.25, 0.3) is 0 Å². The second-order valence-electron chi connectivity index (χ2n) is 4.40. The van der Waals surface area contributed by atoms with E-state index in [-0.39, 0.29) is 6.29 Å². The van der Waals surface area contributed by atoms with Crippen LogP contribution in [0.3, 0.4) is 0 Å². The number of hydrogen-bond donors (Lipinski definition) is 0. The molecule has 74 valence electrons. The quantitative estimate of drug-likeness (QED) is 0.610. The van der Waals surface area contributed by atoms with Crippen LogP contribution in [-0.2, 0) is 9.47 Å². The third kappa shape index (κ3) is 4.07. The molecule has 0 spiro atoms. The van der Waals surface area contributed by atoms with Gasteiger partial charge in [-0.15, -0.1) is 0 Å². The molecule has 0 saturated carbocycles. The van der Waals surface area contributed by atoms with Crippen LogP contribution < -0.4 is 0 Å². The van der Waals surface area contributed by atoms with Gasteiger partial charge in [-0.3, -0.25) is 0 Å². The van der Waals surface area contributed by atoms with Gasteiger partial charge < -0.3 is 9.47 Å². The summed E-state index contributed by atoms with van der Waals surface area (Å²) >= 11 is 0. The highest BCUT2D eigenvalue weighted by molar-refractivity contribution is 4.70. The van der Waals surface area contributed by atoms with Crippen LogP contribution in [0.1, 0.15) is 34.1 Å². The lowest BCUT2D eigenvalue weighted by molar-refractivity contribution is -0.119. The summed E-state index contributed by atoms with van der Waals surface area (Å²) in [4.78, 5) is 0. The van der Waals surface area contributed by atoms with Gasteiger partial charge in [0.05, 0.1) is 0 Å². The third-order valence-electron chi connectivity index (χ3n) is 2.55. The van der Waals surface area contributed by atoms with Crippen LogP contribution in [0.4, 0.5) is 0 Å². The highest BCUT2D eigenvalue weighted by atomic mass is 16.7. The predicted molar refractivity (Wildman–Crippen MR) is 51.0 cm³/mol. The summed E-state index contributed by atoms with van der Waals surface area (Å²) in [5.74, 6) is 0.599. The first-order valence-corrected chi connectivity index (χ1v) is 4.47. The van der Waals surface area contributed by atoms with E-state index in [0.717, 1.165) is 6.42 Å². The van der Waals surface area contributed by atoms with Crippen molar-refractivity contribution in [2.24, 2.45) is 11.3 Å². The van der Waals surface area contributed by atoms with E-state index < -0.39 is 0 Å². The molecule has 0 aliphatic carbocycles. The minimum Gasteiger partial charge on any atom is -0.356 e. The number of rotatable bonds is 4. The summed E-state index contributed by atoms with van der Waals surface area (Å²) in [6, 6.07) is 0. The van der Waals surface area contributed by atoms with Crippen molar-refractivity contribution < 1.29 is 9.47 Å². The van der Waals surface area contributed by atoms with Crippen LogP contribution >= 0.6 is 0 Å². The van der Waals surface area contributed by atoms with Crippen LogP contribution in [0.25, 0.3) is 0 Å². The van der Waals surface area contributed by atoms with Gasteiger partial charge in [-0.05, 0) is 11.3 Å². The highest BCUT2D eigenvalue weighted by Gasteiger charge is 2.23. The lowest BCUT2D eigenvalue weighted by Crippen LogP contribution is -2.24. The molecule has 0 saturated heterocycles. The van der Waals surface area contributed by atoms with Gasteiger partial charge in [0.15, 0.2) is 6.29 Å². The second kappa shape index (κ2) is 4.83. The van der Waals surface area contributed by atoms with Crippen molar-refractivity contribution in [1.29, 1.82) is 0 Å². The fraction of sp³-hybridized carbons (Fsp3) is 1.00. The van der Waals surface area contributed by atoms with Gasteiger partial charge in [-0.2, -0.15) is 0 Å². The minimum atomic E-state index is -0.0563. The highest BCUT2D eigenvalue weighted by Crippen LogP contribution is 2.29. The average molecular weight is 174 g/mol. The molecule has 0 aromatic rings. The fourth-order valence-corrected chi connectivity index (χ4v) is 0.931. The Morgan fingerprint density at radius 3 is 1.75 bits per heavy atom. The first kappa shape index (κ1) is 11.9. The third-order valence-corrected chi connectivity index (χ3v) is 2.55. The van der Waals surface area contributed by atoms with Crippen LogP contribution in [0, 0.1) is 11.3 Å². The van der Waals surface area contributed by atoms with E-state index in [1.165, 1.54) is 0 Å². The Morgan fingerprint density at radius 1 is 1.08 bits per heavy atom. The van der Waals surface area contributed by atoms with Crippen LogP contribution in [0.5, 0.6) is 0 Å². The largest absolute Gasteiger partial charge is 0.356 e. The Balaban J connectivity index is 3.90. The molecule has 0 aromatic carbocycles. The SMILES string of the molecule is COC(C[C@H](C)C(C)(C)C)OC. The van der Waals surface area contributed by atoms with Gasteiger partial charge in [-0.25, -0.2) is 0 Å². The van der Waals surface area contributed by atoms with Gasteiger partial charge >= 0.3 is 0 Å². The summed E-state index contributed by atoms with van der Waals surface area (Å²) in [6.07, 6.45) is 0.899. The van der Waals surface area contributed by atoms with E-state index in [2.05, 4.69) is 27.7 Å². The van der Waals surface area contributed by atoms with Crippen molar-refractivity contribution in [3.05, 3.63) is 0 Å². The van der Waals surface area contributed by atoms with E-state index in [1.807, 2.05) is 0 Å². The lowest BCUT2D eigenvalue weighted by Gasteiger charge is -2.29. The zero-order valence-corrected chi connectivity index (χ0v) is 9.18. The molecule has 0 N–H and O–H groups in total. The molecule has 1 atom stereocenters. The molecule has 0 amide bonds. The molecule has 0 unspecified atom stereocenters. The predicted octanol–water partition coefficient (Wildman–Crippen LogP) is 2.68. The molecular weight excluding hydrogens is 152 g/mol. The molecule has 0 aliphatic rings. The molecule has 0 fully saturated rings. The normalized spacial score (nSPS) is 15.2. The van der Waals surface area contributed by atoms with Gasteiger partial charge in [0.2, 0.25) is 0 Å². The molecule has 2 heteroatoms. The Hall–Kier alpha value is -0.0800. The number of methoxy groups -OCH3 is 2. The molecule has 0 bridgehead atoms. The zero-order valence-electron chi connectivity index (χ0n) is 9.18. The van der Waals surface area contributed by atoms with E-state index in [9.17, 15) is 0 Å². The van der Waals surface area contributed by atoms with Crippen molar-refractivity contribution in [1.82, 2.24) is 0 Å². The average Bonchev–Trinajstić information content (AvgIpc) is 1.97. The standard InChI is InChI=1S/C10H22O2/c1-8(10(2,3)4)7-9(11-5)12-6/h8-9H,7H2,1-6H3/t8-/m0/s1. The van der Waals surface area contributed by atoms with Crippen LogP contribution in [0.15, 0.2) is 0 Å². The molecule has 0 heterocycles. The molecule has 0 radical (unpaired) electrons. The lowest BCUT2D eigenvalue weighted by atomic mass is 9.80. The van der Waals surface area contributed by atoms with Gasteiger partial charge in [0.1, 0.15) is 0 Å². The summed E-state index contributed by atoms with van der Waals surface area (Å²) in [5, 5.41) is 0. The minimum absolute atomic E-state index is 0.0563. The molecule has 0 aliphatic heterocycles. The smallest absolute Gasteiger partial charge is 0.157 e. The Bertz CT molecular complexity index is 111. The maximum Gasteiger partial charge on any atom is 0.157 e. The van der Waals surface area contributed by atoms with E-state index in [4.69, 9.17) is 9.47 Å². The molecule has 0 rings (SSSR count). The van der Waals surface area contributed by atoms with E-state index >= 15 is 0 Å². The topological polar surface area (TPSA) is 18.5 Å². The maximum absolute atomic E-state index is 5.14. The molecule has 0 aromatic heterocycles. The first-order chi connectivity index (χ1) is 5.41. The zero-order chi connectivity index (χ0) is 9.78. The first-order valence-electron chi connectivity index (χ1n) is 4.47. The summed E-state index contributed by atoms with van der Waals surface area (Å²) < 4.78 is 10.3. The second-order valence-corrected chi connectivity index (χ2v) is 4.40. The van der Waals surface area contributed by atoms with Gasteiger partial charge in [-0.1, -0.05) is 27.7 Å². The maximum atomic E-state index is 5.14. The summed E-state index contributed by atoms with van der Waals surface area (Å²) in [5.41, 5.74) is 0.329. The Morgan fingerprint density at radius 2 is 1.50 bits per heavy atom. The summed E-state index contributed by atoms with van der Waals surface area (Å²) in [7, 11) is 3.37. The molecule has 2 nitrogen and oxygen atoms in total. The van der Waals surface area contributed by atoms with Crippen molar-refractivity contribution >= 4 is 0 Å². The van der Waals surface area contributed by atoms with E-state index in [1.54, 1.807) is 14.2 Å². The van der Waals surface area contributed by atoms with Crippen molar-refractivity contribution in [2.75, 3.05) is 14.2 Å². The van der Waals surface area contributed by atoms with Crippen molar-refractivity contribution in [3.8, 4) is 0 Å².